The number of benzene rings is 2. The van der Waals surface area contributed by atoms with Gasteiger partial charge < -0.3 is 25.4 Å². The molecular weight excluding hydrogens is 518 g/mol. The summed E-state index contributed by atoms with van der Waals surface area (Å²) in [6, 6.07) is 14.0. The highest BCUT2D eigenvalue weighted by molar-refractivity contribution is 5.92. The summed E-state index contributed by atoms with van der Waals surface area (Å²) in [7, 11) is 0. The number of amides is 3. The van der Waals surface area contributed by atoms with Crippen molar-refractivity contribution >= 4 is 17.9 Å². The molecule has 0 aliphatic heterocycles. The van der Waals surface area contributed by atoms with E-state index in [0.717, 1.165) is 44.1 Å². The second-order valence-electron chi connectivity index (χ2n) is 11.4. The van der Waals surface area contributed by atoms with E-state index in [4.69, 9.17) is 4.74 Å². The first-order valence-electron chi connectivity index (χ1n) is 15.0. The molecule has 2 atom stereocenters. The largest absolute Gasteiger partial charge is 0.508 e. The quantitative estimate of drug-likeness (QED) is 0.207. The van der Waals surface area contributed by atoms with Crippen molar-refractivity contribution in [1.29, 1.82) is 0 Å². The van der Waals surface area contributed by atoms with Gasteiger partial charge >= 0.3 is 6.09 Å². The number of hydrogen-bond acceptors (Lipinski definition) is 5. The van der Waals surface area contributed by atoms with Crippen LogP contribution < -0.4 is 10.6 Å². The normalized spacial score (nSPS) is 12.7. The van der Waals surface area contributed by atoms with Crippen molar-refractivity contribution in [3.8, 4) is 5.75 Å². The van der Waals surface area contributed by atoms with Gasteiger partial charge in [-0.2, -0.15) is 0 Å². The van der Waals surface area contributed by atoms with Gasteiger partial charge in [0.15, 0.2) is 0 Å². The Hall–Kier alpha value is -3.55. The van der Waals surface area contributed by atoms with E-state index in [1.807, 2.05) is 37.3 Å². The van der Waals surface area contributed by atoms with Gasteiger partial charge in [0.2, 0.25) is 11.8 Å². The van der Waals surface area contributed by atoms with Crippen LogP contribution in [-0.4, -0.2) is 52.6 Å². The lowest BCUT2D eigenvalue weighted by Gasteiger charge is -2.35. The molecule has 0 radical (unpaired) electrons. The minimum atomic E-state index is -1.06. The van der Waals surface area contributed by atoms with E-state index >= 15 is 0 Å². The Morgan fingerprint density at radius 3 is 2.15 bits per heavy atom. The van der Waals surface area contributed by atoms with Gasteiger partial charge in [-0.1, -0.05) is 94.5 Å². The van der Waals surface area contributed by atoms with Crippen LogP contribution in [0.4, 0.5) is 4.79 Å². The molecule has 0 saturated carbocycles. The van der Waals surface area contributed by atoms with Crippen LogP contribution in [0.3, 0.4) is 0 Å². The van der Waals surface area contributed by atoms with Gasteiger partial charge in [0.05, 0.1) is 0 Å². The van der Waals surface area contributed by atoms with Gasteiger partial charge in [-0.3, -0.25) is 9.59 Å². The molecule has 3 N–H and O–H groups in total. The van der Waals surface area contributed by atoms with E-state index in [-0.39, 0.29) is 18.1 Å². The number of nitrogens with zero attached hydrogens (tertiary/aromatic N) is 1. The first-order chi connectivity index (χ1) is 19.6. The van der Waals surface area contributed by atoms with Crippen molar-refractivity contribution in [2.45, 2.75) is 104 Å². The number of aromatic hydroxyl groups is 1. The molecule has 0 saturated heterocycles. The van der Waals surface area contributed by atoms with Gasteiger partial charge in [0, 0.05) is 25.1 Å². The van der Waals surface area contributed by atoms with Gasteiger partial charge in [-0.05, 0) is 45.2 Å². The number of carbonyl (C=O) groups is 3. The Morgan fingerprint density at radius 2 is 1.51 bits per heavy atom. The minimum Gasteiger partial charge on any atom is -0.508 e. The molecule has 3 amide bonds. The predicted molar refractivity (Wildman–Crippen MR) is 163 cm³/mol. The van der Waals surface area contributed by atoms with Crippen LogP contribution >= 0.6 is 0 Å². The number of ether oxygens (including phenoxy) is 1. The number of phenolic OH excluding ortho intramolecular Hbond substituents is 1. The summed E-state index contributed by atoms with van der Waals surface area (Å²) >= 11 is 0. The number of hydrogen-bond donors (Lipinski definition) is 3. The van der Waals surface area contributed by atoms with Crippen LogP contribution in [0.15, 0.2) is 54.6 Å². The fourth-order valence-corrected chi connectivity index (χ4v) is 4.61. The number of nitrogens with one attached hydrogen (secondary N) is 2. The minimum absolute atomic E-state index is 0.0633. The van der Waals surface area contributed by atoms with Crippen LogP contribution in [0.5, 0.6) is 5.75 Å². The van der Waals surface area contributed by atoms with E-state index in [1.165, 1.54) is 11.0 Å². The predicted octanol–water partition coefficient (Wildman–Crippen LogP) is 6.28. The zero-order chi connectivity index (χ0) is 30.3. The van der Waals surface area contributed by atoms with Crippen molar-refractivity contribution in [2.24, 2.45) is 0 Å². The second kappa shape index (κ2) is 17.3. The molecule has 2 rings (SSSR count). The van der Waals surface area contributed by atoms with Crippen molar-refractivity contribution in [2.75, 3.05) is 13.1 Å². The molecule has 0 bridgehead atoms. The van der Waals surface area contributed by atoms with Crippen LogP contribution in [0.1, 0.15) is 96.7 Å². The molecule has 0 aromatic heterocycles. The fourth-order valence-electron chi connectivity index (χ4n) is 4.61. The Bertz CT molecular complexity index is 1080. The number of carbonyl (C=O) groups excluding carboxylic acids is 3. The zero-order valence-corrected chi connectivity index (χ0v) is 25.4. The van der Waals surface area contributed by atoms with E-state index < -0.39 is 29.7 Å². The topological polar surface area (TPSA) is 108 Å². The number of rotatable bonds is 16. The van der Waals surface area contributed by atoms with E-state index in [9.17, 15) is 19.5 Å². The SMILES string of the molecule is CCCCCCCN(C(=O)C(Cc1ccccc1)NC(=O)OC(C)(C)C)C(C(=O)NCCCC)c1ccccc1O. The van der Waals surface area contributed by atoms with Crippen molar-refractivity contribution < 1.29 is 24.2 Å². The third-order valence-electron chi connectivity index (χ3n) is 6.68. The summed E-state index contributed by atoms with van der Waals surface area (Å²) in [6.45, 7) is 10.2. The zero-order valence-electron chi connectivity index (χ0n) is 25.4. The molecule has 41 heavy (non-hydrogen) atoms. The highest BCUT2D eigenvalue weighted by atomic mass is 16.6. The molecule has 2 aromatic rings. The molecule has 0 heterocycles. The molecule has 2 aromatic carbocycles. The molecule has 0 spiro atoms. The summed E-state index contributed by atoms with van der Waals surface area (Å²) in [5, 5.41) is 16.6. The van der Waals surface area contributed by atoms with Gasteiger partial charge in [-0.15, -0.1) is 0 Å². The first kappa shape index (κ1) is 33.7. The summed E-state index contributed by atoms with van der Waals surface area (Å²) in [6.07, 6.45) is 5.98. The number of para-hydroxylation sites is 1. The van der Waals surface area contributed by atoms with Crippen molar-refractivity contribution in [3.05, 3.63) is 65.7 Å². The van der Waals surface area contributed by atoms with Crippen LogP contribution in [0.2, 0.25) is 0 Å². The Morgan fingerprint density at radius 1 is 0.878 bits per heavy atom. The van der Waals surface area contributed by atoms with Crippen LogP contribution in [-0.2, 0) is 20.7 Å². The third kappa shape index (κ3) is 11.8. The highest BCUT2D eigenvalue weighted by Crippen LogP contribution is 2.30. The smallest absolute Gasteiger partial charge is 0.408 e. The van der Waals surface area contributed by atoms with Crippen LogP contribution in [0, 0.1) is 0 Å². The van der Waals surface area contributed by atoms with E-state index in [0.29, 0.717) is 25.1 Å². The van der Waals surface area contributed by atoms with E-state index in [1.54, 1.807) is 39.0 Å². The monoisotopic (exact) mass is 567 g/mol. The number of unbranched alkanes of at least 4 members (excludes halogenated alkanes) is 5. The molecular formula is C33H49N3O5. The summed E-state index contributed by atoms with van der Waals surface area (Å²) < 4.78 is 5.50. The van der Waals surface area contributed by atoms with Crippen molar-refractivity contribution in [3.63, 3.8) is 0 Å². The molecule has 0 aliphatic carbocycles. The Balaban J connectivity index is 2.52. The molecule has 0 aliphatic rings. The van der Waals surface area contributed by atoms with E-state index in [2.05, 4.69) is 17.6 Å². The molecule has 0 fully saturated rings. The molecule has 2 unspecified atom stereocenters. The third-order valence-corrected chi connectivity index (χ3v) is 6.68. The lowest BCUT2D eigenvalue weighted by molar-refractivity contribution is -0.142. The van der Waals surface area contributed by atoms with Gasteiger partial charge in [0.25, 0.3) is 0 Å². The maximum Gasteiger partial charge on any atom is 0.408 e. The number of alkyl carbamates (subject to hydrolysis) is 1. The van der Waals surface area contributed by atoms with Gasteiger partial charge in [0.1, 0.15) is 23.4 Å². The maximum atomic E-state index is 14.4. The van der Waals surface area contributed by atoms with Crippen LogP contribution in [0.25, 0.3) is 0 Å². The lowest BCUT2D eigenvalue weighted by Crippen LogP contribution is -2.54. The summed E-state index contributed by atoms with van der Waals surface area (Å²) in [4.78, 5) is 42.6. The molecule has 8 nitrogen and oxygen atoms in total. The fraction of sp³-hybridized carbons (Fsp3) is 0.545. The van der Waals surface area contributed by atoms with Gasteiger partial charge in [-0.25, -0.2) is 4.79 Å². The molecule has 8 heteroatoms. The summed E-state index contributed by atoms with van der Waals surface area (Å²) in [5.74, 6) is -0.835. The first-order valence-corrected chi connectivity index (χ1v) is 15.0. The standard InChI is InChI=1S/C33H49N3O5/c1-6-8-10-11-17-23-36(29(30(38)34-22-9-7-2)26-20-15-16-21-28(26)37)31(39)27(24-25-18-13-12-14-19-25)35-32(40)41-33(3,4)5/h12-16,18-21,27,29,37H,6-11,17,22-24H2,1-5H3,(H,34,38)(H,35,40). The lowest BCUT2D eigenvalue weighted by atomic mass is 9.99. The Kier molecular flexibility index (Phi) is 14.2. The Labute approximate surface area is 245 Å². The average Bonchev–Trinajstić information content (AvgIpc) is 2.92. The van der Waals surface area contributed by atoms with Crippen molar-refractivity contribution in [1.82, 2.24) is 15.5 Å². The molecule has 226 valence electrons. The second-order valence-corrected chi connectivity index (χ2v) is 11.4. The number of phenols is 1. The highest BCUT2D eigenvalue weighted by Gasteiger charge is 2.37. The average molecular weight is 568 g/mol. The maximum absolute atomic E-state index is 14.4. The summed E-state index contributed by atoms with van der Waals surface area (Å²) in [5.41, 5.74) is 0.455.